The minimum atomic E-state index is -0.126. The number of para-hydroxylation sites is 2. The molecule has 154 valence electrons. The molecule has 1 amide bonds. The lowest BCUT2D eigenvalue weighted by atomic mass is 10.3. The number of H-pyrrole nitrogens is 1. The lowest BCUT2D eigenvalue weighted by molar-refractivity contribution is -0.113. The zero-order valence-corrected chi connectivity index (χ0v) is 18.1. The summed E-state index contributed by atoms with van der Waals surface area (Å²) in [6.07, 6.45) is 1.76. The molecule has 5 aromatic rings. The molecule has 0 bridgehead atoms. The number of methoxy groups -OCH3 is 1. The third kappa shape index (κ3) is 4.23. The molecular formula is C22H17N5O2S2. The van der Waals surface area contributed by atoms with Crippen molar-refractivity contribution in [3.8, 4) is 17.1 Å². The number of imidazole rings is 1. The fraction of sp³-hybridized carbons (Fsp3) is 0.0909. The van der Waals surface area contributed by atoms with Crippen LogP contribution in [0, 0.1) is 0 Å². The van der Waals surface area contributed by atoms with Crippen molar-refractivity contribution in [1.82, 2.24) is 19.9 Å². The van der Waals surface area contributed by atoms with Crippen molar-refractivity contribution in [2.75, 3.05) is 18.2 Å². The fourth-order valence-corrected chi connectivity index (χ4v) is 4.63. The third-order valence-corrected chi connectivity index (χ3v) is 6.47. The highest BCUT2D eigenvalue weighted by molar-refractivity contribution is 7.99. The zero-order valence-electron chi connectivity index (χ0n) is 16.5. The number of anilines is 1. The summed E-state index contributed by atoms with van der Waals surface area (Å²) in [7, 11) is 1.62. The van der Waals surface area contributed by atoms with Gasteiger partial charge in [0.15, 0.2) is 5.13 Å². The highest BCUT2D eigenvalue weighted by Crippen LogP contribution is 2.29. The van der Waals surface area contributed by atoms with Crippen molar-refractivity contribution in [2.45, 2.75) is 5.03 Å². The average molecular weight is 448 g/mol. The molecule has 0 fully saturated rings. The van der Waals surface area contributed by atoms with Gasteiger partial charge in [0.25, 0.3) is 0 Å². The number of thioether (sulfide) groups is 1. The number of carbonyl (C=O) groups is 1. The molecule has 7 nitrogen and oxygen atoms in total. The number of nitrogens with zero attached hydrogens (tertiary/aromatic N) is 3. The molecule has 0 saturated carbocycles. The average Bonchev–Trinajstić information content (AvgIpc) is 3.41. The summed E-state index contributed by atoms with van der Waals surface area (Å²) in [5.41, 5.74) is 3.63. The standard InChI is InChI=1S/C22H17N5O2S2/c1-29-14-7-8-17-18(10-14)31-22(26-17)27-19(28)12-30-20-9-6-13(11-23-20)21-24-15-4-2-3-5-16(15)25-21/h2-11H,12H2,1H3,(H,24,25)(H,26,27,28). The van der Waals surface area contributed by atoms with E-state index in [-0.39, 0.29) is 11.7 Å². The largest absolute Gasteiger partial charge is 0.497 e. The van der Waals surface area contributed by atoms with Crippen molar-refractivity contribution in [3.63, 3.8) is 0 Å². The monoisotopic (exact) mass is 447 g/mol. The second-order valence-corrected chi connectivity index (χ2v) is 8.70. The highest BCUT2D eigenvalue weighted by atomic mass is 32.2. The van der Waals surface area contributed by atoms with E-state index in [1.54, 1.807) is 13.3 Å². The molecular weight excluding hydrogens is 430 g/mol. The first-order valence-corrected chi connectivity index (χ1v) is 11.3. The number of nitrogens with one attached hydrogen (secondary N) is 2. The van der Waals surface area contributed by atoms with Crippen LogP contribution in [0.4, 0.5) is 5.13 Å². The molecule has 5 rings (SSSR count). The van der Waals surface area contributed by atoms with E-state index in [1.807, 2.05) is 54.6 Å². The molecule has 3 aromatic heterocycles. The maximum atomic E-state index is 12.3. The molecule has 9 heteroatoms. The Hall–Kier alpha value is -3.43. The number of hydrogen-bond donors (Lipinski definition) is 2. The molecule has 0 aliphatic carbocycles. The SMILES string of the molecule is COc1ccc2nc(NC(=O)CSc3ccc(-c4nc5ccccc5[nH]4)cn3)sc2c1. The van der Waals surface area contributed by atoms with Crippen molar-refractivity contribution in [3.05, 3.63) is 60.8 Å². The van der Waals surface area contributed by atoms with E-state index in [0.29, 0.717) is 5.13 Å². The lowest BCUT2D eigenvalue weighted by Gasteiger charge is -2.02. The van der Waals surface area contributed by atoms with Crippen LogP contribution in [0.25, 0.3) is 32.6 Å². The Morgan fingerprint density at radius 2 is 2.03 bits per heavy atom. The van der Waals surface area contributed by atoms with Gasteiger partial charge in [0.1, 0.15) is 11.6 Å². The van der Waals surface area contributed by atoms with E-state index in [2.05, 4.69) is 25.3 Å². The van der Waals surface area contributed by atoms with E-state index in [4.69, 9.17) is 4.74 Å². The Balaban J connectivity index is 1.21. The molecule has 0 unspecified atom stereocenters. The van der Waals surface area contributed by atoms with Gasteiger partial charge in [-0.25, -0.2) is 15.0 Å². The summed E-state index contributed by atoms with van der Waals surface area (Å²) in [4.78, 5) is 29.1. The minimum Gasteiger partial charge on any atom is -0.497 e. The third-order valence-electron chi connectivity index (χ3n) is 4.59. The van der Waals surface area contributed by atoms with Crippen LogP contribution < -0.4 is 10.1 Å². The Labute approximate surface area is 185 Å². The van der Waals surface area contributed by atoms with Crippen LogP contribution in [0.5, 0.6) is 5.75 Å². The highest BCUT2D eigenvalue weighted by Gasteiger charge is 2.10. The molecule has 0 spiro atoms. The topological polar surface area (TPSA) is 92.8 Å². The van der Waals surface area contributed by atoms with Gasteiger partial charge in [-0.3, -0.25) is 4.79 Å². The van der Waals surface area contributed by atoms with Crippen LogP contribution >= 0.6 is 23.1 Å². The summed E-state index contributed by atoms with van der Waals surface area (Å²) in [5, 5.41) is 4.19. The van der Waals surface area contributed by atoms with Crippen LogP contribution in [0.15, 0.2) is 65.8 Å². The Bertz CT molecular complexity index is 1340. The van der Waals surface area contributed by atoms with Gasteiger partial charge in [-0.2, -0.15) is 0 Å². The number of carbonyl (C=O) groups excluding carboxylic acids is 1. The van der Waals surface area contributed by atoms with E-state index < -0.39 is 0 Å². The smallest absolute Gasteiger partial charge is 0.236 e. The lowest BCUT2D eigenvalue weighted by Crippen LogP contribution is -2.13. The van der Waals surface area contributed by atoms with Crippen LogP contribution in [-0.2, 0) is 4.79 Å². The van der Waals surface area contributed by atoms with E-state index in [1.165, 1.54) is 23.1 Å². The molecule has 0 aliphatic rings. The number of ether oxygens (including phenoxy) is 1. The normalized spacial score (nSPS) is 11.1. The number of aromatic nitrogens is 4. The number of rotatable bonds is 6. The van der Waals surface area contributed by atoms with Crippen molar-refractivity contribution in [2.24, 2.45) is 0 Å². The summed E-state index contributed by atoms with van der Waals surface area (Å²) >= 11 is 2.79. The minimum absolute atomic E-state index is 0.126. The van der Waals surface area contributed by atoms with Crippen LogP contribution in [0.2, 0.25) is 0 Å². The zero-order chi connectivity index (χ0) is 21.2. The fourth-order valence-electron chi connectivity index (χ4n) is 3.08. The van der Waals surface area contributed by atoms with Gasteiger partial charge in [0, 0.05) is 11.8 Å². The number of fused-ring (bicyclic) bond motifs is 2. The molecule has 31 heavy (non-hydrogen) atoms. The van der Waals surface area contributed by atoms with Gasteiger partial charge in [-0.15, -0.1) is 0 Å². The summed E-state index contributed by atoms with van der Waals surface area (Å²) < 4.78 is 6.19. The maximum absolute atomic E-state index is 12.3. The number of hydrogen-bond acceptors (Lipinski definition) is 7. The maximum Gasteiger partial charge on any atom is 0.236 e. The van der Waals surface area contributed by atoms with Crippen LogP contribution in [0.3, 0.4) is 0 Å². The van der Waals surface area contributed by atoms with Crippen LogP contribution in [0.1, 0.15) is 0 Å². The Morgan fingerprint density at radius 1 is 1.13 bits per heavy atom. The van der Waals surface area contributed by atoms with Crippen LogP contribution in [-0.4, -0.2) is 38.7 Å². The van der Waals surface area contributed by atoms with Gasteiger partial charge in [0.2, 0.25) is 5.91 Å². The van der Waals surface area contributed by atoms with Gasteiger partial charge < -0.3 is 15.0 Å². The number of pyridine rings is 1. The van der Waals surface area contributed by atoms with E-state index in [9.17, 15) is 4.79 Å². The Morgan fingerprint density at radius 3 is 2.84 bits per heavy atom. The Kier molecular flexibility index (Phi) is 5.27. The second kappa shape index (κ2) is 8.37. The predicted molar refractivity (Wildman–Crippen MR) is 125 cm³/mol. The van der Waals surface area contributed by atoms with Crippen molar-refractivity contribution >= 4 is 55.4 Å². The molecule has 3 heterocycles. The van der Waals surface area contributed by atoms with Gasteiger partial charge in [0.05, 0.1) is 39.1 Å². The molecule has 0 saturated heterocycles. The van der Waals surface area contributed by atoms with E-state index >= 15 is 0 Å². The first-order valence-electron chi connectivity index (χ1n) is 9.46. The summed E-state index contributed by atoms with van der Waals surface area (Å²) in [6, 6.07) is 17.4. The first kappa shape index (κ1) is 19.5. The predicted octanol–water partition coefficient (Wildman–Crippen LogP) is 4.97. The molecule has 0 atom stereocenters. The number of benzene rings is 2. The van der Waals surface area contributed by atoms with Crippen molar-refractivity contribution < 1.29 is 9.53 Å². The molecule has 0 aliphatic heterocycles. The van der Waals surface area contributed by atoms with Gasteiger partial charge in [-0.05, 0) is 42.5 Å². The molecule has 2 aromatic carbocycles. The molecule has 2 N–H and O–H groups in total. The molecule has 0 radical (unpaired) electrons. The van der Waals surface area contributed by atoms with Gasteiger partial charge in [-0.1, -0.05) is 35.2 Å². The summed E-state index contributed by atoms with van der Waals surface area (Å²) in [6.45, 7) is 0. The quantitative estimate of drug-likeness (QED) is 0.357. The van der Waals surface area contributed by atoms with E-state index in [0.717, 1.165) is 43.4 Å². The van der Waals surface area contributed by atoms with Crippen molar-refractivity contribution in [1.29, 1.82) is 0 Å². The number of aromatic amines is 1. The first-order chi connectivity index (χ1) is 15.2. The van der Waals surface area contributed by atoms with Gasteiger partial charge >= 0.3 is 0 Å². The number of thiazole rings is 1. The number of amides is 1. The second-order valence-electron chi connectivity index (χ2n) is 6.68. The summed E-state index contributed by atoms with van der Waals surface area (Å²) in [5.74, 6) is 1.66.